The van der Waals surface area contributed by atoms with Gasteiger partial charge in [-0.15, -0.1) is 6.58 Å². The maximum absolute atomic E-state index is 10.8. The molecule has 0 radical (unpaired) electrons. The van der Waals surface area contributed by atoms with E-state index in [9.17, 15) is 9.90 Å². The number of phenols is 1. The van der Waals surface area contributed by atoms with Gasteiger partial charge in [-0.2, -0.15) is 0 Å². The summed E-state index contributed by atoms with van der Waals surface area (Å²) in [5.41, 5.74) is 7.69. The maximum atomic E-state index is 10.8. The van der Waals surface area contributed by atoms with E-state index in [1.54, 1.807) is 6.07 Å². The van der Waals surface area contributed by atoms with Crippen molar-refractivity contribution in [3.05, 3.63) is 35.9 Å². The molecule has 0 unspecified atom stereocenters. The lowest BCUT2D eigenvalue weighted by Crippen LogP contribution is -2.10. The van der Waals surface area contributed by atoms with Crippen molar-refractivity contribution in [3.8, 4) is 11.5 Å². The summed E-state index contributed by atoms with van der Waals surface area (Å²) < 4.78 is 4.81. The predicted octanol–water partition coefficient (Wildman–Crippen LogP) is 2.28. The third-order valence-corrected chi connectivity index (χ3v) is 2.23. The van der Waals surface area contributed by atoms with Gasteiger partial charge in [0, 0.05) is 13.0 Å². The average Bonchev–Trinajstić information content (AvgIpc) is 2.19. The fourth-order valence-corrected chi connectivity index (χ4v) is 1.50. The number of aromatic hydroxyl groups is 1. The van der Waals surface area contributed by atoms with Crippen molar-refractivity contribution in [2.45, 2.75) is 26.3 Å². The number of carbonyl (C=O) groups excluding carboxylic acids is 1. The van der Waals surface area contributed by atoms with Gasteiger partial charge < -0.3 is 15.6 Å². The molecule has 0 aliphatic rings. The minimum absolute atomic E-state index is 0.0881. The van der Waals surface area contributed by atoms with Crippen molar-refractivity contribution < 1.29 is 14.6 Å². The highest BCUT2D eigenvalue weighted by Crippen LogP contribution is 2.30. The number of carbonyl (C=O) groups is 1. The zero-order valence-electron chi connectivity index (χ0n) is 10.1. The topological polar surface area (TPSA) is 72.5 Å². The Balaban J connectivity index is 2.88. The molecule has 0 fully saturated rings. The minimum Gasteiger partial charge on any atom is -0.504 e. The van der Waals surface area contributed by atoms with Gasteiger partial charge in [-0.05, 0) is 31.0 Å². The van der Waals surface area contributed by atoms with Gasteiger partial charge in [0.1, 0.15) is 0 Å². The highest BCUT2D eigenvalue weighted by atomic mass is 16.5. The lowest BCUT2D eigenvalue weighted by Gasteiger charge is -2.13. The molecule has 4 nitrogen and oxygen atoms in total. The number of nitrogens with two attached hydrogens (primary N) is 1. The summed E-state index contributed by atoms with van der Waals surface area (Å²) in [4.78, 5) is 10.8. The predicted molar refractivity (Wildman–Crippen MR) is 65.8 cm³/mol. The van der Waals surface area contributed by atoms with Gasteiger partial charge in [-0.3, -0.25) is 4.79 Å². The summed E-state index contributed by atoms with van der Waals surface area (Å²) in [7, 11) is 0. The standard InChI is InChI=1S/C13H17NO3/c1-8(2)6-11(14)10-4-5-13(12(16)7-10)17-9(3)15/h4-5,7,11,16H,1,6,14H2,2-3H3/t11-/m0/s1. The summed E-state index contributed by atoms with van der Waals surface area (Å²) in [6, 6.07) is 4.55. The Morgan fingerprint density at radius 1 is 1.53 bits per heavy atom. The molecule has 0 heterocycles. The second-order valence-corrected chi connectivity index (χ2v) is 4.09. The summed E-state index contributed by atoms with van der Waals surface area (Å²) >= 11 is 0. The lowest BCUT2D eigenvalue weighted by atomic mass is 10.0. The van der Waals surface area contributed by atoms with Gasteiger partial charge in [0.05, 0.1) is 0 Å². The van der Waals surface area contributed by atoms with Crippen molar-refractivity contribution >= 4 is 5.97 Å². The van der Waals surface area contributed by atoms with Crippen LogP contribution in [0.15, 0.2) is 30.4 Å². The zero-order valence-corrected chi connectivity index (χ0v) is 10.1. The lowest BCUT2D eigenvalue weighted by molar-refractivity contribution is -0.132. The van der Waals surface area contributed by atoms with E-state index in [2.05, 4.69) is 6.58 Å². The summed E-state index contributed by atoms with van der Waals surface area (Å²) in [6.07, 6.45) is 0.645. The van der Waals surface area contributed by atoms with Crippen LogP contribution in [-0.2, 0) is 4.79 Å². The molecule has 0 spiro atoms. The molecule has 1 atom stereocenters. The molecule has 0 saturated carbocycles. The molecule has 0 bridgehead atoms. The van der Waals surface area contributed by atoms with Crippen LogP contribution in [0.1, 0.15) is 31.9 Å². The number of esters is 1. The Kier molecular flexibility index (Phi) is 4.29. The first-order valence-corrected chi connectivity index (χ1v) is 5.31. The largest absolute Gasteiger partial charge is 0.504 e. The summed E-state index contributed by atoms with van der Waals surface area (Å²) in [6.45, 7) is 6.96. The van der Waals surface area contributed by atoms with Gasteiger partial charge in [-0.1, -0.05) is 11.6 Å². The van der Waals surface area contributed by atoms with Crippen LogP contribution in [0.3, 0.4) is 0 Å². The number of ether oxygens (including phenoxy) is 1. The number of rotatable bonds is 4. The molecule has 17 heavy (non-hydrogen) atoms. The van der Waals surface area contributed by atoms with E-state index in [0.717, 1.165) is 11.1 Å². The van der Waals surface area contributed by atoms with Crippen LogP contribution in [0, 0.1) is 0 Å². The van der Waals surface area contributed by atoms with Crippen LogP contribution in [0.2, 0.25) is 0 Å². The highest BCUT2D eigenvalue weighted by molar-refractivity contribution is 5.70. The van der Waals surface area contributed by atoms with Crippen molar-refractivity contribution in [2.75, 3.05) is 0 Å². The SMILES string of the molecule is C=C(C)C[C@H](N)c1ccc(OC(C)=O)c(O)c1. The van der Waals surface area contributed by atoms with Crippen LogP contribution < -0.4 is 10.5 Å². The number of hydrogen-bond donors (Lipinski definition) is 2. The third-order valence-electron chi connectivity index (χ3n) is 2.23. The average molecular weight is 235 g/mol. The van der Waals surface area contributed by atoms with Crippen LogP contribution in [0.25, 0.3) is 0 Å². The molecular weight excluding hydrogens is 218 g/mol. The van der Waals surface area contributed by atoms with E-state index >= 15 is 0 Å². The minimum atomic E-state index is -0.473. The highest BCUT2D eigenvalue weighted by Gasteiger charge is 2.11. The molecule has 0 saturated heterocycles. The van der Waals surface area contributed by atoms with E-state index in [1.807, 2.05) is 6.92 Å². The second kappa shape index (κ2) is 5.50. The van der Waals surface area contributed by atoms with Gasteiger partial charge >= 0.3 is 5.97 Å². The third kappa shape index (κ3) is 3.92. The smallest absolute Gasteiger partial charge is 0.308 e. The monoisotopic (exact) mass is 235 g/mol. The summed E-state index contributed by atoms with van der Waals surface area (Å²) in [5, 5.41) is 9.67. The van der Waals surface area contributed by atoms with E-state index < -0.39 is 5.97 Å². The first-order chi connectivity index (χ1) is 7.90. The van der Waals surface area contributed by atoms with Crippen molar-refractivity contribution in [3.63, 3.8) is 0 Å². The molecule has 0 amide bonds. The van der Waals surface area contributed by atoms with Crippen molar-refractivity contribution in [1.29, 1.82) is 0 Å². The van der Waals surface area contributed by atoms with Gasteiger partial charge in [0.25, 0.3) is 0 Å². The second-order valence-electron chi connectivity index (χ2n) is 4.09. The van der Waals surface area contributed by atoms with E-state index in [4.69, 9.17) is 10.5 Å². The molecule has 0 aliphatic heterocycles. The normalized spacial score (nSPS) is 11.9. The van der Waals surface area contributed by atoms with Crippen LogP contribution in [-0.4, -0.2) is 11.1 Å². The summed E-state index contributed by atoms with van der Waals surface area (Å²) in [5.74, 6) is -0.419. The van der Waals surface area contributed by atoms with Gasteiger partial charge in [0.15, 0.2) is 11.5 Å². The Morgan fingerprint density at radius 3 is 2.65 bits per heavy atom. The fraction of sp³-hybridized carbons (Fsp3) is 0.308. The fourth-order valence-electron chi connectivity index (χ4n) is 1.50. The van der Waals surface area contributed by atoms with E-state index in [1.165, 1.54) is 19.1 Å². The van der Waals surface area contributed by atoms with Crippen LogP contribution in [0.5, 0.6) is 11.5 Å². The number of hydrogen-bond acceptors (Lipinski definition) is 4. The molecule has 3 N–H and O–H groups in total. The van der Waals surface area contributed by atoms with E-state index in [0.29, 0.717) is 6.42 Å². The van der Waals surface area contributed by atoms with Gasteiger partial charge in [0.2, 0.25) is 0 Å². The molecule has 0 aromatic heterocycles. The number of benzene rings is 1. The molecule has 0 aliphatic carbocycles. The Bertz CT molecular complexity index is 440. The molecule has 92 valence electrons. The zero-order chi connectivity index (χ0) is 13.0. The van der Waals surface area contributed by atoms with Crippen LogP contribution >= 0.6 is 0 Å². The maximum Gasteiger partial charge on any atom is 0.308 e. The molecule has 1 aromatic rings. The number of phenolic OH excluding ortho intramolecular Hbond substituents is 1. The Labute approximate surface area is 101 Å². The van der Waals surface area contributed by atoms with E-state index in [-0.39, 0.29) is 17.5 Å². The molecule has 4 heteroatoms. The first kappa shape index (κ1) is 13.3. The molecule has 1 rings (SSSR count). The Hall–Kier alpha value is -1.81. The van der Waals surface area contributed by atoms with Gasteiger partial charge in [-0.25, -0.2) is 0 Å². The van der Waals surface area contributed by atoms with Crippen LogP contribution in [0.4, 0.5) is 0 Å². The molecule has 1 aromatic carbocycles. The quantitative estimate of drug-likeness (QED) is 0.477. The van der Waals surface area contributed by atoms with Crippen molar-refractivity contribution in [1.82, 2.24) is 0 Å². The van der Waals surface area contributed by atoms with Crippen molar-refractivity contribution in [2.24, 2.45) is 5.73 Å². The first-order valence-electron chi connectivity index (χ1n) is 5.31. The Morgan fingerprint density at radius 2 is 2.18 bits per heavy atom. The molecular formula is C13H17NO3.